The highest BCUT2D eigenvalue weighted by Crippen LogP contribution is 2.28. The molecule has 0 aliphatic carbocycles. The maximum atomic E-state index is 13.5. The van der Waals surface area contributed by atoms with Crippen molar-refractivity contribution in [2.45, 2.75) is 10.9 Å². The first-order chi connectivity index (χ1) is 10.6. The SMILES string of the molecule is O=S(=O)(c1cccnc1)N1CCNCC1c1cccc(F)c1. The molecule has 1 aliphatic heterocycles. The van der Waals surface area contributed by atoms with Crippen molar-refractivity contribution in [3.63, 3.8) is 0 Å². The Morgan fingerprint density at radius 1 is 1.27 bits per heavy atom. The number of hydrogen-bond donors (Lipinski definition) is 1. The highest BCUT2D eigenvalue weighted by molar-refractivity contribution is 7.89. The number of benzene rings is 1. The van der Waals surface area contributed by atoms with Crippen LogP contribution >= 0.6 is 0 Å². The van der Waals surface area contributed by atoms with Crippen molar-refractivity contribution in [3.8, 4) is 0 Å². The lowest BCUT2D eigenvalue weighted by molar-refractivity contribution is 0.271. The van der Waals surface area contributed by atoms with Gasteiger partial charge < -0.3 is 5.32 Å². The molecule has 116 valence electrons. The molecule has 1 aliphatic rings. The van der Waals surface area contributed by atoms with Crippen LogP contribution in [0, 0.1) is 5.82 Å². The van der Waals surface area contributed by atoms with Crippen LogP contribution in [0.1, 0.15) is 11.6 Å². The van der Waals surface area contributed by atoms with E-state index in [4.69, 9.17) is 0 Å². The molecule has 0 bridgehead atoms. The standard InChI is InChI=1S/C15H16FN3O2S/c16-13-4-1-3-12(9-13)15-11-18-7-8-19(15)22(20,21)14-5-2-6-17-10-14/h1-6,9-10,15,18H,7-8,11H2. The predicted octanol–water partition coefficient (Wildman–Crippen LogP) is 1.56. The van der Waals surface area contributed by atoms with Gasteiger partial charge in [0, 0.05) is 32.0 Å². The number of nitrogens with one attached hydrogen (secondary N) is 1. The molecule has 2 aromatic rings. The molecule has 1 fully saturated rings. The molecule has 0 amide bonds. The lowest BCUT2D eigenvalue weighted by Gasteiger charge is -2.35. The summed E-state index contributed by atoms with van der Waals surface area (Å²) in [6, 6.07) is 8.73. The topological polar surface area (TPSA) is 62.3 Å². The van der Waals surface area contributed by atoms with Crippen LogP contribution in [0.3, 0.4) is 0 Å². The van der Waals surface area contributed by atoms with Gasteiger partial charge in [0.05, 0.1) is 6.04 Å². The van der Waals surface area contributed by atoms with Crippen LogP contribution < -0.4 is 5.32 Å². The zero-order chi connectivity index (χ0) is 15.6. The summed E-state index contributed by atoms with van der Waals surface area (Å²) >= 11 is 0. The molecule has 1 aromatic carbocycles. The Labute approximate surface area is 128 Å². The number of piperazine rings is 1. The molecule has 1 unspecified atom stereocenters. The summed E-state index contributed by atoms with van der Waals surface area (Å²) in [4.78, 5) is 4.03. The van der Waals surface area contributed by atoms with E-state index in [2.05, 4.69) is 10.3 Å². The quantitative estimate of drug-likeness (QED) is 0.932. The Bertz CT molecular complexity index is 752. The summed E-state index contributed by atoms with van der Waals surface area (Å²) in [5.41, 5.74) is 0.639. The third kappa shape index (κ3) is 2.87. The van der Waals surface area contributed by atoms with Crippen LogP contribution in [0.2, 0.25) is 0 Å². The minimum absolute atomic E-state index is 0.151. The van der Waals surface area contributed by atoms with E-state index >= 15 is 0 Å². The molecule has 1 N–H and O–H groups in total. The lowest BCUT2D eigenvalue weighted by atomic mass is 10.1. The number of hydrogen-bond acceptors (Lipinski definition) is 4. The predicted molar refractivity (Wildman–Crippen MR) is 80.1 cm³/mol. The highest BCUT2D eigenvalue weighted by Gasteiger charge is 2.34. The van der Waals surface area contributed by atoms with E-state index in [1.54, 1.807) is 18.2 Å². The van der Waals surface area contributed by atoms with Gasteiger partial charge in [-0.3, -0.25) is 4.98 Å². The van der Waals surface area contributed by atoms with Crippen molar-refractivity contribution in [2.75, 3.05) is 19.6 Å². The number of sulfonamides is 1. The van der Waals surface area contributed by atoms with Crippen molar-refractivity contribution in [3.05, 3.63) is 60.2 Å². The summed E-state index contributed by atoms with van der Waals surface area (Å²) in [6.07, 6.45) is 2.86. The summed E-state index contributed by atoms with van der Waals surface area (Å²) in [7, 11) is -3.66. The van der Waals surface area contributed by atoms with Gasteiger partial charge in [-0.1, -0.05) is 12.1 Å². The second-order valence-corrected chi connectivity index (χ2v) is 6.97. The first kappa shape index (κ1) is 15.1. The average molecular weight is 321 g/mol. The first-order valence-corrected chi connectivity index (χ1v) is 8.41. The Morgan fingerprint density at radius 3 is 2.86 bits per heavy atom. The fourth-order valence-corrected chi connectivity index (χ4v) is 4.18. The number of nitrogens with zero attached hydrogens (tertiary/aromatic N) is 2. The van der Waals surface area contributed by atoms with E-state index in [0.717, 1.165) is 0 Å². The molecule has 0 radical (unpaired) electrons. The van der Waals surface area contributed by atoms with Gasteiger partial charge in [0.1, 0.15) is 10.7 Å². The van der Waals surface area contributed by atoms with Gasteiger partial charge in [-0.2, -0.15) is 4.31 Å². The van der Waals surface area contributed by atoms with Crippen LogP contribution in [0.15, 0.2) is 53.7 Å². The van der Waals surface area contributed by atoms with Crippen LogP contribution in [-0.4, -0.2) is 37.3 Å². The van der Waals surface area contributed by atoms with Crippen molar-refractivity contribution >= 4 is 10.0 Å². The van der Waals surface area contributed by atoms with Crippen molar-refractivity contribution in [2.24, 2.45) is 0 Å². The summed E-state index contributed by atoms with van der Waals surface area (Å²) in [5.74, 6) is -0.373. The molecule has 2 heterocycles. The van der Waals surface area contributed by atoms with Crippen LogP contribution in [0.4, 0.5) is 4.39 Å². The Kier molecular flexibility index (Phi) is 4.19. The Balaban J connectivity index is 2.00. The molecule has 22 heavy (non-hydrogen) atoms. The molecule has 5 nitrogen and oxygen atoms in total. The number of halogens is 1. The van der Waals surface area contributed by atoms with Crippen LogP contribution in [0.5, 0.6) is 0 Å². The third-order valence-corrected chi connectivity index (χ3v) is 5.56. The highest BCUT2D eigenvalue weighted by atomic mass is 32.2. The van der Waals surface area contributed by atoms with Gasteiger partial charge in [-0.15, -0.1) is 0 Å². The maximum Gasteiger partial charge on any atom is 0.245 e. The molecular weight excluding hydrogens is 305 g/mol. The van der Waals surface area contributed by atoms with E-state index in [1.165, 1.54) is 34.9 Å². The second kappa shape index (κ2) is 6.12. The average Bonchev–Trinajstić information content (AvgIpc) is 2.56. The van der Waals surface area contributed by atoms with E-state index < -0.39 is 16.1 Å². The zero-order valence-electron chi connectivity index (χ0n) is 11.8. The van der Waals surface area contributed by atoms with Gasteiger partial charge >= 0.3 is 0 Å². The van der Waals surface area contributed by atoms with E-state index in [1.807, 2.05) is 0 Å². The Morgan fingerprint density at radius 2 is 2.14 bits per heavy atom. The summed E-state index contributed by atoms with van der Waals surface area (Å²) in [5, 5.41) is 3.16. The minimum atomic E-state index is -3.66. The largest absolute Gasteiger partial charge is 0.313 e. The van der Waals surface area contributed by atoms with Gasteiger partial charge in [-0.05, 0) is 29.8 Å². The third-order valence-electron chi connectivity index (χ3n) is 3.67. The molecule has 7 heteroatoms. The molecule has 3 rings (SSSR count). The fraction of sp³-hybridized carbons (Fsp3) is 0.267. The van der Waals surface area contributed by atoms with Gasteiger partial charge in [0.25, 0.3) is 0 Å². The molecule has 1 saturated heterocycles. The lowest BCUT2D eigenvalue weighted by Crippen LogP contribution is -2.48. The number of rotatable bonds is 3. The molecule has 0 spiro atoms. The number of pyridine rings is 1. The van der Waals surface area contributed by atoms with Gasteiger partial charge in [-0.25, -0.2) is 12.8 Å². The first-order valence-electron chi connectivity index (χ1n) is 6.97. The summed E-state index contributed by atoms with van der Waals surface area (Å²) < 4.78 is 40.5. The van der Waals surface area contributed by atoms with Crippen molar-refractivity contribution in [1.29, 1.82) is 0 Å². The smallest absolute Gasteiger partial charge is 0.245 e. The van der Waals surface area contributed by atoms with E-state index in [9.17, 15) is 12.8 Å². The Hall–Kier alpha value is -1.83. The maximum absolute atomic E-state index is 13.5. The molecular formula is C15H16FN3O2S. The molecule has 1 atom stereocenters. The van der Waals surface area contributed by atoms with Crippen LogP contribution in [0.25, 0.3) is 0 Å². The van der Waals surface area contributed by atoms with Gasteiger partial charge in [0.15, 0.2) is 0 Å². The van der Waals surface area contributed by atoms with Crippen molar-refractivity contribution < 1.29 is 12.8 Å². The number of aromatic nitrogens is 1. The summed E-state index contributed by atoms with van der Waals surface area (Å²) in [6.45, 7) is 1.34. The minimum Gasteiger partial charge on any atom is -0.313 e. The van der Waals surface area contributed by atoms with E-state index in [0.29, 0.717) is 25.2 Å². The van der Waals surface area contributed by atoms with Gasteiger partial charge in [0.2, 0.25) is 10.0 Å². The normalized spacial score (nSPS) is 20.0. The second-order valence-electron chi connectivity index (χ2n) is 5.08. The van der Waals surface area contributed by atoms with Crippen molar-refractivity contribution in [1.82, 2.24) is 14.6 Å². The molecule has 1 aromatic heterocycles. The molecule has 0 saturated carbocycles. The zero-order valence-corrected chi connectivity index (χ0v) is 12.6. The van der Waals surface area contributed by atoms with E-state index in [-0.39, 0.29) is 10.7 Å². The van der Waals surface area contributed by atoms with Crippen LogP contribution in [-0.2, 0) is 10.0 Å². The monoisotopic (exact) mass is 321 g/mol. The fourth-order valence-electron chi connectivity index (χ4n) is 2.61.